The van der Waals surface area contributed by atoms with Crippen LogP contribution in [0, 0.1) is 0 Å². The minimum atomic E-state index is -0.925. The Balaban J connectivity index is 1.64. The molecular weight excluding hydrogens is 514 g/mol. The van der Waals surface area contributed by atoms with Gasteiger partial charge in [0.05, 0.1) is 18.5 Å². The first-order valence-electron chi connectivity index (χ1n) is 11.7. The Bertz CT molecular complexity index is 1090. The van der Waals surface area contributed by atoms with Crippen molar-refractivity contribution in [1.82, 2.24) is 20.9 Å². The van der Waals surface area contributed by atoms with Gasteiger partial charge in [0.25, 0.3) is 0 Å². The highest BCUT2D eigenvalue weighted by molar-refractivity contribution is 8.76. The van der Waals surface area contributed by atoms with E-state index in [9.17, 15) is 24.3 Å². The molecule has 0 aromatic heterocycles. The third-order valence-corrected chi connectivity index (χ3v) is 7.99. The molecule has 37 heavy (non-hydrogen) atoms. The number of phenols is 1. The Kier molecular flexibility index (Phi) is 10.7. The number of nitrogens with two attached hydrogens (primary N) is 1. The lowest BCUT2D eigenvalue weighted by atomic mass is 10.0. The molecule has 3 rings (SSSR count). The minimum absolute atomic E-state index is 0.111. The lowest BCUT2D eigenvalue weighted by Crippen LogP contribution is -2.55. The van der Waals surface area contributed by atoms with Gasteiger partial charge in [0.1, 0.15) is 17.8 Å². The largest absolute Gasteiger partial charge is 0.508 e. The molecule has 0 saturated carbocycles. The molecule has 1 fully saturated rings. The lowest BCUT2D eigenvalue weighted by molar-refractivity contribution is -0.139. The molecule has 0 aliphatic carbocycles. The van der Waals surface area contributed by atoms with Gasteiger partial charge in [-0.3, -0.25) is 19.2 Å². The second-order valence-electron chi connectivity index (χ2n) is 8.55. The van der Waals surface area contributed by atoms with E-state index >= 15 is 0 Å². The highest BCUT2D eigenvalue weighted by Gasteiger charge is 2.29. The fourth-order valence-electron chi connectivity index (χ4n) is 3.64. The molecule has 0 spiro atoms. The van der Waals surface area contributed by atoms with Crippen LogP contribution in [-0.2, 0) is 32.0 Å². The third-order valence-electron chi connectivity index (χ3n) is 5.83. The van der Waals surface area contributed by atoms with Crippen LogP contribution in [0.1, 0.15) is 11.1 Å². The van der Waals surface area contributed by atoms with Gasteiger partial charge in [-0.15, -0.1) is 0 Å². The highest BCUT2D eigenvalue weighted by atomic mass is 33.1. The van der Waals surface area contributed by atoms with Gasteiger partial charge in [0.15, 0.2) is 0 Å². The number of rotatable bonds is 6. The molecule has 12 heteroatoms. The molecule has 0 radical (unpaired) electrons. The van der Waals surface area contributed by atoms with Crippen molar-refractivity contribution in [2.24, 2.45) is 5.73 Å². The van der Waals surface area contributed by atoms with E-state index < -0.39 is 35.8 Å². The number of likely N-dealkylation sites (N-methyl/N-ethyl adjacent to an activating group) is 1. The van der Waals surface area contributed by atoms with Crippen molar-refractivity contribution in [3.05, 3.63) is 65.7 Å². The van der Waals surface area contributed by atoms with Crippen LogP contribution >= 0.6 is 21.6 Å². The molecule has 2 aromatic carbocycles. The molecule has 6 N–H and O–H groups in total. The maximum atomic E-state index is 12.9. The fraction of sp³-hybridized carbons (Fsp3) is 0.360. The zero-order valence-electron chi connectivity index (χ0n) is 20.4. The Morgan fingerprint density at radius 1 is 1.05 bits per heavy atom. The summed E-state index contributed by atoms with van der Waals surface area (Å²) in [5, 5.41) is 17.5. The first-order valence-corrected chi connectivity index (χ1v) is 14.2. The maximum Gasteiger partial charge on any atom is 0.243 e. The molecule has 1 aliphatic heterocycles. The van der Waals surface area contributed by atoms with Crippen molar-refractivity contribution in [2.75, 3.05) is 25.2 Å². The molecule has 10 nitrogen and oxygen atoms in total. The summed E-state index contributed by atoms with van der Waals surface area (Å²) in [5.41, 5.74) is 7.72. The number of carbonyl (C=O) groups is 4. The summed E-state index contributed by atoms with van der Waals surface area (Å²) in [6, 6.07) is 13.2. The minimum Gasteiger partial charge on any atom is -0.508 e. The molecular formula is C25H31N5O5S2. The summed E-state index contributed by atoms with van der Waals surface area (Å²) in [7, 11) is 4.18. The lowest BCUT2D eigenvalue weighted by Gasteiger charge is -2.27. The number of hydrogen-bond acceptors (Lipinski definition) is 8. The molecule has 3 atom stereocenters. The molecule has 1 heterocycles. The van der Waals surface area contributed by atoms with Gasteiger partial charge in [-0.1, -0.05) is 64.1 Å². The number of carbonyl (C=O) groups excluding carboxylic acids is 4. The number of phenolic OH excluding ortho intramolecular Hbond substituents is 1. The molecule has 4 amide bonds. The summed E-state index contributed by atoms with van der Waals surface area (Å²) in [6.07, 6.45) is 0.554. The Hall–Kier alpha value is -3.22. The van der Waals surface area contributed by atoms with Crippen molar-refractivity contribution in [3.8, 4) is 5.75 Å². The average Bonchev–Trinajstić information content (AvgIpc) is 2.90. The van der Waals surface area contributed by atoms with Gasteiger partial charge in [-0.2, -0.15) is 0 Å². The Labute approximate surface area is 223 Å². The maximum absolute atomic E-state index is 12.9. The molecule has 1 saturated heterocycles. The first-order chi connectivity index (χ1) is 17.7. The van der Waals surface area contributed by atoms with Crippen LogP contribution in [-0.4, -0.2) is 77.0 Å². The van der Waals surface area contributed by atoms with Gasteiger partial charge in [0.2, 0.25) is 23.6 Å². The number of amides is 4. The van der Waals surface area contributed by atoms with Gasteiger partial charge in [-0.05, 0) is 29.7 Å². The van der Waals surface area contributed by atoms with E-state index in [1.807, 2.05) is 30.3 Å². The zero-order valence-corrected chi connectivity index (χ0v) is 22.0. The van der Waals surface area contributed by atoms with Gasteiger partial charge < -0.3 is 31.7 Å². The molecule has 2 aromatic rings. The predicted molar refractivity (Wildman–Crippen MR) is 144 cm³/mol. The van der Waals surface area contributed by atoms with Gasteiger partial charge in [0, 0.05) is 19.2 Å². The van der Waals surface area contributed by atoms with Crippen molar-refractivity contribution in [2.45, 2.75) is 31.0 Å². The van der Waals surface area contributed by atoms with Crippen molar-refractivity contribution < 1.29 is 24.3 Å². The van der Waals surface area contributed by atoms with Crippen LogP contribution in [0.25, 0.3) is 0 Å². The monoisotopic (exact) mass is 545 g/mol. The number of hydrogen-bond donors (Lipinski definition) is 5. The second-order valence-corrected chi connectivity index (χ2v) is 11.1. The SMILES string of the molecule is CN1C(=O)CNC(=O)[C@@H](NC(=O)[C@@H](N)Cc2ccc(O)cc2)CSSCNC(=O)[C@@H]1Cc1ccccc1. The van der Waals surface area contributed by atoms with Crippen LogP contribution in [0.15, 0.2) is 54.6 Å². The van der Waals surface area contributed by atoms with Crippen LogP contribution in [0.4, 0.5) is 0 Å². The summed E-state index contributed by atoms with van der Waals surface area (Å²) >= 11 is 0. The van der Waals surface area contributed by atoms with Gasteiger partial charge in [-0.25, -0.2) is 0 Å². The van der Waals surface area contributed by atoms with E-state index in [1.165, 1.54) is 45.7 Å². The molecule has 1 aliphatic rings. The molecule has 198 valence electrons. The third kappa shape index (κ3) is 8.69. The van der Waals surface area contributed by atoms with E-state index in [2.05, 4.69) is 16.0 Å². The van der Waals surface area contributed by atoms with Crippen molar-refractivity contribution >= 4 is 45.2 Å². The highest BCUT2D eigenvalue weighted by Crippen LogP contribution is 2.21. The van der Waals surface area contributed by atoms with E-state index in [1.54, 1.807) is 12.1 Å². The number of nitrogens with one attached hydrogen (secondary N) is 3. The van der Waals surface area contributed by atoms with E-state index in [0.717, 1.165) is 11.1 Å². The average molecular weight is 546 g/mol. The van der Waals surface area contributed by atoms with Gasteiger partial charge >= 0.3 is 0 Å². The summed E-state index contributed by atoms with van der Waals surface area (Å²) < 4.78 is 0. The number of benzene rings is 2. The first kappa shape index (κ1) is 28.4. The van der Waals surface area contributed by atoms with Crippen LogP contribution in [0.2, 0.25) is 0 Å². The fourth-order valence-corrected chi connectivity index (χ4v) is 5.52. The Morgan fingerprint density at radius 2 is 1.76 bits per heavy atom. The van der Waals surface area contributed by atoms with Crippen LogP contribution in [0.5, 0.6) is 5.75 Å². The number of nitrogens with zero attached hydrogens (tertiary/aromatic N) is 1. The second kappa shape index (κ2) is 13.9. The standard InChI is InChI=1S/C25H31N5O5S2/c1-30-21(12-16-5-3-2-4-6-16)25(35)28-15-37-36-14-20(24(34)27-13-22(30)32)29-23(33)19(26)11-17-7-9-18(31)10-8-17/h2-10,19-21,31H,11-15,26H2,1H3,(H,27,34)(H,28,35)(H,29,33)/t19-,20-,21-/m0/s1. The van der Waals surface area contributed by atoms with E-state index in [-0.39, 0.29) is 36.3 Å². The van der Waals surface area contributed by atoms with Crippen LogP contribution < -0.4 is 21.7 Å². The quantitative estimate of drug-likeness (QED) is 0.327. The normalized spacial score (nSPS) is 20.5. The zero-order chi connectivity index (χ0) is 26.8. The molecule has 0 bridgehead atoms. The summed E-state index contributed by atoms with van der Waals surface area (Å²) in [5.74, 6) is -1.16. The topological polar surface area (TPSA) is 154 Å². The van der Waals surface area contributed by atoms with E-state index in [0.29, 0.717) is 6.42 Å². The smallest absolute Gasteiger partial charge is 0.243 e. The molecule has 0 unspecified atom stereocenters. The summed E-state index contributed by atoms with van der Waals surface area (Å²) in [4.78, 5) is 52.7. The van der Waals surface area contributed by atoms with Crippen LogP contribution in [0.3, 0.4) is 0 Å². The number of aromatic hydroxyl groups is 1. The summed E-state index contributed by atoms with van der Waals surface area (Å²) in [6.45, 7) is -0.322. The predicted octanol–water partition coefficient (Wildman–Crippen LogP) is 0.401. The Morgan fingerprint density at radius 3 is 2.46 bits per heavy atom. The van der Waals surface area contributed by atoms with E-state index in [4.69, 9.17) is 5.73 Å². The van der Waals surface area contributed by atoms with Crippen molar-refractivity contribution in [1.29, 1.82) is 0 Å². The van der Waals surface area contributed by atoms with Crippen molar-refractivity contribution in [3.63, 3.8) is 0 Å².